The van der Waals surface area contributed by atoms with Crippen LogP contribution in [0.15, 0.2) is 54.1 Å². The van der Waals surface area contributed by atoms with E-state index in [1.165, 1.54) is 31.2 Å². The predicted molar refractivity (Wildman–Crippen MR) is 134 cm³/mol. The molecule has 1 saturated carbocycles. The molecule has 178 valence electrons. The van der Waals surface area contributed by atoms with Crippen molar-refractivity contribution in [3.05, 3.63) is 59.7 Å². The van der Waals surface area contributed by atoms with Crippen LogP contribution in [-0.4, -0.2) is 28.5 Å². The van der Waals surface area contributed by atoms with E-state index >= 15 is 0 Å². The van der Waals surface area contributed by atoms with Crippen molar-refractivity contribution in [2.24, 2.45) is 17.8 Å². The van der Waals surface area contributed by atoms with E-state index in [1.54, 1.807) is 5.57 Å². The van der Waals surface area contributed by atoms with Crippen LogP contribution in [-0.2, 0) is 6.54 Å². The molecule has 3 nitrogen and oxygen atoms in total. The summed E-state index contributed by atoms with van der Waals surface area (Å²) < 4.78 is 0. The SMILES string of the molecule is CCCC[C@](C)(O)CC=C[C@@H]1[C@H]2CC(CCCCCNCc3ccccc3)=C[C@H]2C[C@H]1O. The number of unbranched alkanes of at least 4 members (excludes halogenated alkanes) is 3. The summed E-state index contributed by atoms with van der Waals surface area (Å²) in [6, 6.07) is 10.6. The van der Waals surface area contributed by atoms with Gasteiger partial charge in [-0.3, -0.25) is 0 Å². The van der Waals surface area contributed by atoms with Gasteiger partial charge in [0.05, 0.1) is 11.7 Å². The number of fused-ring (bicyclic) bond motifs is 1. The molecule has 1 aromatic carbocycles. The van der Waals surface area contributed by atoms with Crippen LogP contribution in [0.5, 0.6) is 0 Å². The highest BCUT2D eigenvalue weighted by atomic mass is 16.3. The minimum atomic E-state index is -0.621. The molecule has 1 aromatic rings. The maximum Gasteiger partial charge on any atom is 0.0654 e. The number of rotatable bonds is 14. The Morgan fingerprint density at radius 3 is 2.72 bits per heavy atom. The zero-order valence-corrected chi connectivity index (χ0v) is 20.3. The maximum atomic E-state index is 10.6. The largest absolute Gasteiger partial charge is 0.392 e. The van der Waals surface area contributed by atoms with E-state index in [2.05, 4.69) is 60.8 Å². The van der Waals surface area contributed by atoms with Crippen molar-refractivity contribution in [1.82, 2.24) is 5.32 Å². The number of allylic oxidation sites excluding steroid dienone is 2. The summed E-state index contributed by atoms with van der Waals surface area (Å²) in [5.41, 5.74) is 2.34. The molecule has 3 N–H and O–H groups in total. The molecule has 0 aromatic heterocycles. The van der Waals surface area contributed by atoms with Crippen LogP contribution in [0.25, 0.3) is 0 Å². The lowest BCUT2D eigenvalue weighted by molar-refractivity contribution is 0.0513. The van der Waals surface area contributed by atoms with Gasteiger partial charge in [0.1, 0.15) is 0 Å². The number of nitrogens with one attached hydrogen (secondary N) is 1. The number of hydrogen-bond donors (Lipinski definition) is 3. The van der Waals surface area contributed by atoms with Crippen LogP contribution in [0, 0.1) is 17.8 Å². The smallest absolute Gasteiger partial charge is 0.0654 e. The first-order chi connectivity index (χ1) is 15.5. The van der Waals surface area contributed by atoms with Crippen molar-refractivity contribution in [1.29, 1.82) is 0 Å². The molecular formula is C29H45NO2. The van der Waals surface area contributed by atoms with Gasteiger partial charge in [0.25, 0.3) is 0 Å². The summed E-state index contributed by atoms with van der Waals surface area (Å²) in [6.07, 6.45) is 17.3. The van der Waals surface area contributed by atoms with E-state index in [0.717, 1.165) is 45.2 Å². The molecule has 0 heterocycles. The minimum absolute atomic E-state index is 0.227. The van der Waals surface area contributed by atoms with E-state index in [0.29, 0.717) is 18.3 Å². The Morgan fingerprint density at radius 2 is 1.94 bits per heavy atom. The molecule has 2 aliphatic rings. The van der Waals surface area contributed by atoms with Crippen LogP contribution < -0.4 is 5.32 Å². The third-order valence-corrected chi connectivity index (χ3v) is 7.46. The second kappa shape index (κ2) is 12.7. The summed E-state index contributed by atoms with van der Waals surface area (Å²) >= 11 is 0. The normalized spacial score (nSPS) is 26.9. The van der Waals surface area contributed by atoms with Crippen LogP contribution >= 0.6 is 0 Å². The Bertz CT molecular complexity index is 724. The van der Waals surface area contributed by atoms with Crippen LogP contribution in [0.1, 0.15) is 83.6 Å². The number of aliphatic hydroxyl groups is 2. The van der Waals surface area contributed by atoms with Gasteiger partial charge < -0.3 is 15.5 Å². The van der Waals surface area contributed by atoms with Crippen molar-refractivity contribution in [3.63, 3.8) is 0 Å². The van der Waals surface area contributed by atoms with E-state index in [-0.39, 0.29) is 12.0 Å². The maximum absolute atomic E-state index is 10.6. The highest BCUT2D eigenvalue weighted by Crippen LogP contribution is 2.48. The van der Waals surface area contributed by atoms with Gasteiger partial charge in [-0.1, -0.05) is 80.3 Å². The number of hydrogen-bond acceptors (Lipinski definition) is 3. The summed E-state index contributed by atoms with van der Waals surface area (Å²) in [5.74, 6) is 1.35. The predicted octanol–water partition coefficient (Wildman–Crippen LogP) is 6.17. The number of benzene rings is 1. The Kier molecular flexibility index (Phi) is 10.0. The van der Waals surface area contributed by atoms with Crippen molar-refractivity contribution in [2.45, 2.75) is 96.3 Å². The summed E-state index contributed by atoms with van der Waals surface area (Å²) in [6.45, 7) is 6.14. The highest BCUT2D eigenvalue weighted by molar-refractivity contribution is 5.21. The van der Waals surface area contributed by atoms with Crippen molar-refractivity contribution in [2.75, 3.05) is 6.54 Å². The number of aliphatic hydroxyl groups excluding tert-OH is 1. The lowest BCUT2D eigenvalue weighted by atomic mass is 9.87. The van der Waals surface area contributed by atoms with Gasteiger partial charge in [-0.2, -0.15) is 0 Å². The van der Waals surface area contributed by atoms with Gasteiger partial charge >= 0.3 is 0 Å². The van der Waals surface area contributed by atoms with Crippen LogP contribution in [0.2, 0.25) is 0 Å². The second-order valence-corrected chi connectivity index (χ2v) is 10.4. The molecule has 0 spiro atoms. The molecular weight excluding hydrogens is 394 g/mol. The fourth-order valence-corrected chi connectivity index (χ4v) is 5.54. The van der Waals surface area contributed by atoms with Crippen molar-refractivity contribution < 1.29 is 10.2 Å². The zero-order valence-electron chi connectivity index (χ0n) is 20.3. The topological polar surface area (TPSA) is 52.5 Å². The highest BCUT2D eigenvalue weighted by Gasteiger charge is 2.43. The fraction of sp³-hybridized carbons (Fsp3) is 0.655. The van der Waals surface area contributed by atoms with Gasteiger partial charge in [0, 0.05) is 12.5 Å². The molecule has 0 saturated heterocycles. The Balaban J connectivity index is 1.32. The molecule has 0 unspecified atom stereocenters. The molecule has 0 aliphatic heterocycles. The van der Waals surface area contributed by atoms with Crippen LogP contribution in [0.3, 0.4) is 0 Å². The van der Waals surface area contributed by atoms with Gasteiger partial charge in [0.15, 0.2) is 0 Å². The summed E-state index contributed by atoms with van der Waals surface area (Å²) in [5, 5.41) is 24.6. The average molecular weight is 440 g/mol. The van der Waals surface area contributed by atoms with E-state index in [9.17, 15) is 10.2 Å². The van der Waals surface area contributed by atoms with E-state index < -0.39 is 5.60 Å². The lowest BCUT2D eigenvalue weighted by Crippen LogP contribution is -2.23. The lowest BCUT2D eigenvalue weighted by Gasteiger charge is -2.22. The molecule has 5 atom stereocenters. The minimum Gasteiger partial charge on any atom is -0.392 e. The first-order valence-corrected chi connectivity index (χ1v) is 13.0. The second-order valence-electron chi connectivity index (χ2n) is 10.4. The average Bonchev–Trinajstić information content (AvgIpc) is 3.29. The molecule has 2 aliphatic carbocycles. The molecule has 0 amide bonds. The first-order valence-electron chi connectivity index (χ1n) is 13.0. The summed E-state index contributed by atoms with van der Waals surface area (Å²) in [4.78, 5) is 0. The third-order valence-electron chi connectivity index (χ3n) is 7.46. The van der Waals surface area contributed by atoms with Crippen molar-refractivity contribution in [3.8, 4) is 0 Å². The van der Waals surface area contributed by atoms with Gasteiger partial charge in [-0.05, 0) is 75.8 Å². The molecule has 32 heavy (non-hydrogen) atoms. The first kappa shape index (κ1) is 25.2. The van der Waals surface area contributed by atoms with E-state index in [1.807, 2.05) is 6.92 Å². The Morgan fingerprint density at radius 1 is 1.12 bits per heavy atom. The van der Waals surface area contributed by atoms with Crippen LogP contribution in [0.4, 0.5) is 0 Å². The fourth-order valence-electron chi connectivity index (χ4n) is 5.54. The molecule has 0 radical (unpaired) electrons. The van der Waals surface area contributed by atoms with Gasteiger partial charge in [-0.15, -0.1) is 0 Å². The monoisotopic (exact) mass is 439 g/mol. The van der Waals surface area contributed by atoms with Crippen molar-refractivity contribution >= 4 is 0 Å². The van der Waals surface area contributed by atoms with Gasteiger partial charge in [0.2, 0.25) is 0 Å². The van der Waals surface area contributed by atoms with E-state index in [4.69, 9.17) is 0 Å². The Labute approximate surface area is 196 Å². The third kappa shape index (κ3) is 7.86. The molecule has 1 fully saturated rings. The Hall–Kier alpha value is -1.42. The molecule has 0 bridgehead atoms. The zero-order chi connectivity index (χ0) is 22.8. The van der Waals surface area contributed by atoms with Gasteiger partial charge in [-0.25, -0.2) is 0 Å². The quantitative estimate of drug-likeness (QED) is 0.240. The molecule has 3 heteroatoms. The molecule has 3 rings (SSSR count). The summed E-state index contributed by atoms with van der Waals surface area (Å²) in [7, 11) is 0. The standard InChI is InChI=1S/C29H45NO2/c1-3-4-16-29(2,32)17-11-15-26-27-20-24(19-25(27)21-28(26)31)14-9-6-10-18-30-22-23-12-7-5-8-13-23/h5,7-8,11-13,15,19,25-28,30-32H,3-4,6,9-10,14,16-18,20-22H2,1-2H3/t25-,26+,27-,28+,29-/m0/s1.